The molecule has 1 fully saturated rings. The average molecular weight is 340 g/mol. The van der Waals surface area contributed by atoms with E-state index in [4.69, 9.17) is 0 Å². The van der Waals surface area contributed by atoms with Crippen molar-refractivity contribution < 1.29 is 0 Å². The molecule has 2 unspecified atom stereocenters. The Bertz CT molecular complexity index is 449. The van der Waals surface area contributed by atoms with E-state index in [0.717, 1.165) is 12.5 Å². The molecular formula is C16H26BrN3. The predicted molar refractivity (Wildman–Crippen MR) is 90.5 cm³/mol. The minimum atomic E-state index is 0.368. The van der Waals surface area contributed by atoms with E-state index >= 15 is 0 Å². The molecule has 1 aliphatic rings. The number of benzene rings is 1. The molecule has 0 aliphatic carbocycles. The molecule has 0 aromatic heterocycles. The fourth-order valence-electron chi connectivity index (χ4n) is 2.93. The molecule has 3 nitrogen and oxygen atoms in total. The fourth-order valence-corrected chi connectivity index (χ4v) is 3.64. The Kier molecular flexibility index (Phi) is 5.47. The number of nitrogens with one attached hydrogen (secondary N) is 1. The summed E-state index contributed by atoms with van der Waals surface area (Å²) in [6.07, 6.45) is 1.32. The Morgan fingerprint density at radius 2 is 2.25 bits per heavy atom. The van der Waals surface area contributed by atoms with Crippen molar-refractivity contribution in [3.05, 3.63) is 28.2 Å². The molecule has 20 heavy (non-hydrogen) atoms. The molecule has 0 spiro atoms. The van der Waals surface area contributed by atoms with Crippen LogP contribution in [-0.4, -0.2) is 45.7 Å². The third-order valence-electron chi connectivity index (χ3n) is 4.35. The van der Waals surface area contributed by atoms with Crippen LogP contribution in [-0.2, 0) is 0 Å². The van der Waals surface area contributed by atoms with Crippen molar-refractivity contribution in [2.45, 2.75) is 19.4 Å². The summed E-state index contributed by atoms with van der Waals surface area (Å²) in [6.45, 7) is 5.77. The molecule has 1 aromatic carbocycles. The van der Waals surface area contributed by atoms with Gasteiger partial charge in [-0.05, 0) is 57.6 Å². The van der Waals surface area contributed by atoms with E-state index in [1.165, 1.54) is 35.2 Å². The van der Waals surface area contributed by atoms with Crippen molar-refractivity contribution in [3.63, 3.8) is 0 Å². The zero-order valence-corrected chi connectivity index (χ0v) is 14.6. The Morgan fingerprint density at radius 1 is 1.50 bits per heavy atom. The molecule has 2 rings (SSSR count). The van der Waals surface area contributed by atoms with Crippen molar-refractivity contribution in [1.82, 2.24) is 10.2 Å². The number of hydrogen-bond acceptors (Lipinski definition) is 3. The van der Waals surface area contributed by atoms with Crippen LogP contribution in [0.4, 0.5) is 5.69 Å². The third-order valence-corrected chi connectivity index (χ3v) is 5.03. The average Bonchev–Trinajstić information content (AvgIpc) is 2.83. The summed E-state index contributed by atoms with van der Waals surface area (Å²) in [6, 6.07) is 7.05. The predicted octanol–water partition coefficient (Wildman–Crippen LogP) is 3.12. The van der Waals surface area contributed by atoms with Gasteiger partial charge in [0.2, 0.25) is 0 Å². The Morgan fingerprint density at radius 3 is 2.80 bits per heavy atom. The zero-order valence-electron chi connectivity index (χ0n) is 13.0. The van der Waals surface area contributed by atoms with E-state index in [2.05, 4.69) is 70.3 Å². The SMILES string of the molecule is CNC(C)c1ccc(N(C)CC2CCN(C)C2)cc1Br. The van der Waals surface area contributed by atoms with Gasteiger partial charge in [-0.1, -0.05) is 22.0 Å². The first kappa shape index (κ1) is 15.8. The van der Waals surface area contributed by atoms with E-state index < -0.39 is 0 Å². The second kappa shape index (κ2) is 6.92. The molecule has 0 bridgehead atoms. The molecule has 0 saturated carbocycles. The zero-order chi connectivity index (χ0) is 14.7. The van der Waals surface area contributed by atoms with Crippen LogP contribution >= 0.6 is 15.9 Å². The molecule has 4 heteroatoms. The second-order valence-corrected chi connectivity index (χ2v) is 6.87. The molecule has 1 heterocycles. The lowest BCUT2D eigenvalue weighted by Gasteiger charge is -2.24. The lowest BCUT2D eigenvalue weighted by Crippen LogP contribution is -2.27. The van der Waals surface area contributed by atoms with Gasteiger partial charge in [0.25, 0.3) is 0 Å². The summed E-state index contributed by atoms with van der Waals surface area (Å²) in [5, 5.41) is 3.29. The number of rotatable bonds is 5. The topological polar surface area (TPSA) is 18.5 Å². The second-order valence-electron chi connectivity index (χ2n) is 6.01. The molecule has 112 valence electrons. The normalized spacial score (nSPS) is 21.1. The van der Waals surface area contributed by atoms with Crippen LogP contribution in [0.25, 0.3) is 0 Å². The van der Waals surface area contributed by atoms with E-state index in [-0.39, 0.29) is 0 Å². The first-order valence-corrected chi connectivity index (χ1v) is 8.17. The Balaban J connectivity index is 2.03. The number of hydrogen-bond donors (Lipinski definition) is 1. The smallest absolute Gasteiger partial charge is 0.0375 e. The van der Waals surface area contributed by atoms with E-state index in [0.29, 0.717) is 6.04 Å². The Hall–Kier alpha value is -0.580. The van der Waals surface area contributed by atoms with Gasteiger partial charge >= 0.3 is 0 Å². The molecule has 1 saturated heterocycles. The fraction of sp³-hybridized carbons (Fsp3) is 0.625. The highest BCUT2D eigenvalue weighted by atomic mass is 79.9. The maximum absolute atomic E-state index is 3.70. The van der Waals surface area contributed by atoms with Crippen LogP contribution in [0.2, 0.25) is 0 Å². The molecule has 1 aromatic rings. The van der Waals surface area contributed by atoms with Crippen molar-refractivity contribution in [1.29, 1.82) is 0 Å². The Labute approximate surface area is 131 Å². The van der Waals surface area contributed by atoms with Crippen LogP contribution in [0.15, 0.2) is 22.7 Å². The lowest BCUT2D eigenvalue weighted by molar-refractivity contribution is 0.396. The summed E-state index contributed by atoms with van der Waals surface area (Å²) < 4.78 is 1.19. The van der Waals surface area contributed by atoms with Gasteiger partial charge in [0.1, 0.15) is 0 Å². The molecule has 1 aliphatic heterocycles. The lowest BCUT2D eigenvalue weighted by atomic mass is 10.1. The summed E-state index contributed by atoms with van der Waals surface area (Å²) >= 11 is 3.70. The minimum absolute atomic E-state index is 0.368. The van der Waals surface area contributed by atoms with Gasteiger partial charge in [-0.2, -0.15) is 0 Å². The van der Waals surface area contributed by atoms with E-state index in [1.54, 1.807) is 0 Å². The number of likely N-dealkylation sites (tertiary alicyclic amines) is 1. The molecule has 0 radical (unpaired) electrons. The van der Waals surface area contributed by atoms with Gasteiger partial charge in [0, 0.05) is 36.3 Å². The highest BCUT2D eigenvalue weighted by Gasteiger charge is 2.21. The van der Waals surface area contributed by atoms with Crippen molar-refractivity contribution >= 4 is 21.6 Å². The third kappa shape index (κ3) is 3.74. The van der Waals surface area contributed by atoms with E-state index in [1.807, 2.05) is 7.05 Å². The van der Waals surface area contributed by atoms with Crippen LogP contribution in [0.5, 0.6) is 0 Å². The van der Waals surface area contributed by atoms with Gasteiger partial charge in [0.15, 0.2) is 0 Å². The van der Waals surface area contributed by atoms with Crippen molar-refractivity contribution in [2.75, 3.05) is 45.7 Å². The first-order valence-electron chi connectivity index (χ1n) is 7.37. The number of nitrogens with zero attached hydrogens (tertiary/aromatic N) is 2. The summed E-state index contributed by atoms with van der Waals surface area (Å²) in [4.78, 5) is 4.80. The highest BCUT2D eigenvalue weighted by Crippen LogP contribution is 2.28. The van der Waals surface area contributed by atoms with Gasteiger partial charge in [0.05, 0.1) is 0 Å². The van der Waals surface area contributed by atoms with E-state index in [9.17, 15) is 0 Å². The van der Waals surface area contributed by atoms with Crippen LogP contribution in [0.1, 0.15) is 24.9 Å². The standard InChI is InChI=1S/C16H26BrN3/c1-12(18-2)15-6-5-14(9-16(15)17)20(4)11-13-7-8-19(3)10-13/h5-6,9,12-13,18H,7-8,10-11H2,1-4H3. The molecule has 2 atom stereocenters. The van der Waals surface area contributed by atoms with Crippen LogP contribution in [0, 0.1) is 5.92 Å². The van der Waals surface area contributed by atoms with Gasteiger partial charge < -0.3 is 15.1 Å². The van der Waals surface area contributed by atoms with Crippen LogP contribution in [0.3, 0.4) is 0 Å². The van der Waals surface area contributed by atoms with Gasteiger partial charge in [-0.15, -0.1) is 0 Å². The number of anilines is 1. The summed E-state index contributed by atoms with van der Waals surface area (Å²) in [5.41, 5.74) is 2.60. The minimum Gasteiger partial charge on any atom is -0.374 e. The molecule has 0 amide bonds. The first-order chi connectivity index (χ1) is 9.51. The highest BCUT2D eigenvalue weighted by molar-refractivity contribution is 9.10. The van der Waals surface area contributed by atoms with Crippen molar-refractivity contribution in [3.8, 4) is 0 Å². The molecular weight excluding hydrogens is 314 g/mol. The van der Waals surface area contributed by atoms with Crippen molar-refractivity contribution in [2.24, 2.45) is 5.92 Å². The van der Waals surface area contributed by atoms with Gasteiger partial charge in [-0.3, -0.25) is 0 Å². The van der Waals surface area contributed by atoms with Gasteiger partial charge in [-0.25, -0.2) is 0 Å². The summed E-state index contributed by atoms with van der Waals surface area (Å²) in [5.74, 6) is 0.791. The quantitative estimate of drug-likeness (QED) is 0.889. The maximum atomic E-state index is 3.70. The number of halogens is 1. The largest absolute Gasteiger partial charge is 0.374 e. The monoisotopic (exact) mass is 339 g/mol. The molecule has 1 N–H and O–H groups in total. The maximum Gasteiger partial charge on any atom is 0.0375 e. The van der Waals surface area contributed by atoms with Crippen LogP contribution < -0.4 is 10.2 Å². The summed E-state index contributed by atoms with van der Waals surface area (Å²) in [7, 11) is 6.40.